The van der Waals surface area contributed by atoms with Crippen molar-refractivity contribution in [3.63, 3.8) is 0 Å². The van der Waals surface area contributed by atoms with Gasteiger partial charge in [-0.15, -0.1) is 0 Å². The van der Waals surface area contributed by atoms with Crippen molar-refractivity contribution in [1.29, 1.82) is 0 Å². The van der Waals surface area contributed by atoms with Crippen LogP contribution in [-0.2, 0) is 0 Å². The maximum absolute atomic E-state index is 5.84. The SMILES string of the molecule is Cc1cc([Te][Te]c2ccc(N)c(C)c2)ccc1N. The summed E-state index contributed by atoms with van der Waals surface area (Å²) in [5.41, 5.74) is 15.9. The number of rotatable bonds is 3. The Kier molecular flexibility index (Phi) is 4.82. The predicted molar refractivity (Wildman–Crippen MR) is 82.0 cm³/mol. The van der Waals surface area contributed by atoms with Gasteiger partial charge in [-0.25, -0.2) is 0 Å². The summed E-state index contributed by atoms with van der Waals surface area (Å²) >= 11 is -0.117. The molecule has 0 radical (unpaired) electrons. The van der Waals surface area contributed by atoms with E-state index in [1.54, 1.807) is 0 Å². The van der Waals surface area contributed by atoms with Crippen LogP contribution in [0.15, 0.2) is 36.4 Å². The van der Waals surface area contributed by atoms with Crippen molar-refractivity contribution in [2.45, 2.75) is 13.8 Å². The fraction of sp³-hybridized carbons (Fsp3) is 0.143. The molecule has 0 heterocycles. The van der Waals surface area contributed by atoms with E-state index >= 15 is 0 Å². The molecule has 2 rings (SSSR count). The fourth-order valence-electron chi connectivity index (χ4n) is 1.50. The molecule has 0 aromatic heterocycles. The van der Waals surface area contributed by atoms with Gasteiger partial charge in [0.2, 0.25) is 0 Å². The Bertz CT molecular complexity index is 516. The molecule has 0 saturated heterocycles. The minimum absolute atomic E-state index is 0.0583. The average Bonchev–Trinajstić information content (AvgIpc) is 2.35. The molecule has 0 aliphatic carbocycles. The first-order valence-electron chi connectivity index (χ1n) is 5.63. The van der Waals surface area contributed by atoms with Gasteiger partial charge >= 0.3 is 126 Å². The Balaban J connectivity index is 2.06. The fourth-order valence-corrected chi connectivity index (χ4v) is 11.7. The molecule has 0 amide bonds. The number of nitrogens with two attached hydrogens (primary N) is 2. The number of hydrogen-bond donors (Lipinski definition) is 2. The summed E-state index contributed by atoms with van der Waals surface area (Å²) in [6, 6.07) is 13.0. The number of benzene rings is 2. The monoisotopic (exact) mass is 472 g/mol. The van der Waals surface area contributed by atoms with Crippen LogP contribution in [0.2, 0.25) is 0 Å². The van der Waals surface area contributed by atoms with Gasteiger partial charge in [0, 0.05) is 0 Å². The van der Waals surface area contributed by atoms with E-state index in [1.165, 1.54) is 18.3 Å². The summed E-state index contributed by atoms with van der Waals surface area (Å²) in [6.45, 7) is 4.17. The van der Waals surface area contributed by atoms with E-state index in [0.29, 0.717) is 0 Å². The van der Waals surface area contributed by atoms with E-state index in [-0.39, 0.29) is 34.1 Å². The predicted octanol–water partition coefficient (Wildman–Crippen LogP) is 0.742. The molecule has 94 valence electrons. The molecule has 2 nitrogen and oxygen atoms in total. The molecule has 0 unspecified atom stereocenters. The van der Waals surface area contributed by atoms with Crippen molar-refractivity contribution in [3.05, 3.63) is 47.5 Å². The molecule has 0 spiro atoms. The van der Waals surface area contributed by atoms with Crippen LogP contribution in [0.4, 0.5) is 11.4 Å². The molecule has 18 heavy (non-hydrogen) atoms. The number of aryl methyl sites for hydroxylation is 2. The molecule has 2 aromatic carbocycles. The maximum atomic E-state index is 5.84. The second kappa shape index (κ2) is 6.18. The van der Waals surface area contributed by atoms with Crippen molar-refractivity contribution in [3.8, 4) is 0 Å². The average molecular weight is 467 g/mol. The van der Waals surface area contributed by atoms with Gasteiger partial charge in [0.05, 0.1) is 0 Å². The second-order valence-corrected chi connectivity index (χ2v) is 14.2. The first-order valence-corrected chi connectivity index (χ1v) is 15.3. The molecular weight excluding hydrogens is 451 g/mol. The van der Waals surface area contributed by atoms with Crippen LogP contribution < -0.4 is 18.7 Å². The first-order chi connectivity index (χ1) is 8.56. The van der Waals surface area contributed by atoms with Crippen LogP contribution in [0.5, 0.6) is 0 Å². The molecule has 2 aromatic rings. The van der Waals surface area contributed by atoms with E-state index in [9.17, 15) is 0 Å². The summed E-state index contributed by atoms with van der Waals surface area (Å²) in [5, 5.41) is 0. The molecule has 0 aliphatic rings. The van der Waals surface area contributed by atoms with E-state index in [0.717, 1.165) is 11.4 Å². The van der Waals surface area contributed by atoms with Crippen LogP contribution >= 0.6 is 0 Å². The third kappa shape index (κ3) is 3.56. The van der Waals surface area contributed by atoms with Crippen molar-refractivity contribution in [1.82, 2.24) is 0 Å². The van der Waals surface area contributed by atoms with Gasteiger partial charge < -0.3 is 0 Å². The van der Waals surface area contributed by atoms with Gasteiger partial charge in [-0.05, 0) is 0 Å². The van der Waals surface area contributed by atoms with Crippen molar-refractivity contribution >= 4 is 52.7 Å². The quantitative estimate of drug-likeness (QED) is 0.517. The summed E-state index contributed by atoms with van der Waals surface area (Å²) in [5.74, 6) is 0. The number of hydrogen-bond acceptors (Lipinski definition) is 2. The topological polar surface area (TPSA) is 52.0 Å². The standard InChI is InChI=1S/C14H16N2Te2/c1-9-7-11(3-5-13(9)15)17-18-12-4-6-14(16)10(2)8-12/h3-8H,15-16H2,1-2H3. The second-order valence-electron chi connectivity index (χ2n) is 4.20. The van der Waals surface area contributed by atoms with Gasteiger partial charge in [0.1, 0.15) is 0 Å². The van der Waals surface area contributed by atoms with Gasteiger partial charge in [0.15, 0.2) is 0 Å². The molecular formula is C14H16N2Te2. The number of nitrogen functional groups attached to an aromatic ring is 2. The zero-order valence-electron chi connectivity index (χ0n) is 10.4. The normalized spacial score (nSPS) is 10.6. The van der Waals surface area contributed by atoms with Gasteiger partial charge in [-0.2, -0.15) is 0 Å². The van der Waals surface area contributed by atoms with Crippen molar-refractivity contribution in [2.75, 3.05) is 11.5 Å². The zero-order valence-corrected chi connectivity index (χ0v) is 15.1. The Hall–Kier alpha value is -0.381. The Labute approximate surface area is 124 Å². The molecule has 4 heteroatoms. The van der Waals surface area contributed by atoms with Crippen LogP contribution in [0.3, 0.4) is 0 Å². The molecule has 0 fully saturated rings. The van der Waals surface area contributed by atoms with E-state index in [1.807, 2.05) is 12.1 Å². The van der Waals surface area contributed by atoms with Gasteiger partial charge in [-0.3, -0.25) is 0 Å². The Morgan fingerprint density at radius 2 is 1.11 bits per heavy atom. The molecule has 0 bridgehead atoms. The Morgan fingerprint density at radius 3 is 1.44 bits per heavy atom. The molecule has 0 aliphatic heterocycles. The van der Waals surface area contributed by atoms with Gasteiger partial charge in [0.25, 0.3) is 0 Å². The first kappa shape index (κ1) is 14.0. The van der Waals surface area contributed by atoms with E-state index in [2.05, 4.69) is 38.1 Å². The minimum atomic E-state index is -0.0583. The van der Waals surface area contributed by atoms with Crippen LogP contribution in [0.25, 0.3) is 0 Å². The summed E-state index contributed by atoms with van der Waals surface area (Å²) in [6.07, 6.45) is 0. The van der Waals surface area contributed by atoms with E-state index < -0.39 is 0 Å². The van der Waals surface area contributed by atoms with Crippen LogP contribution in [-0.4, -0.2) is 34.1 Å². The Morgan fingerprint density at radius 1 is 0.722 bits per heavy atom. The van der Waals surface area contributed by atoms with Crippen LogP contribution in [0.1, 0.15) is 11.1 Å². The van der Waals surface area contributed by atoms with E-state index in [4.69, 9.17) is 11.5 Å². The van der Waals surface area contributed by atoms with Crippen LogP contribution in [0, 0.1) is 13.8 Å². The van der Waals surface area contributed by atoms with Crippen molar-refractivity contribution < 1.29 is 0 Å². The molecule has 0 atom stereocenters. The number of anilines is 2. The molecule has 4 N–H and O–H groups in total. The zero-order chi connectivity index (χ0) is 13.1. The summed E-state index contributed by atoms with van der Waals surface area (Å²) < 4.78 is 3.04. The summed E-state index contributed by atoms with van der Waals surface area (Å²) in [4.78, 5) is 0. The summed E-state index contributed by atoms with van der Waals surface area (Å²) in [7, 11) is 0. The third-order valence-electron chi connectivity index (χ3n) is 2.72. The third-order valence-corrected chi connectivity index (χ3v) is 14.5. The van der Waals surface area contributed by atoms with Crippen molar-refractivity contribution in [2.24, 2.45) is 0 Å². The molecule has 0 saturated carbocycles. The van der Waals surface area contributed by atoms with Gasteiger partial charge in [-0.1, -0.05) is 0 Å².